The molecule has 0 spiro atoms. The lowest BCUT2D eigenvalue weighted by molar-refractivity contribution is 0.637. The highest BCUT2D eigenvalue weighted by atomic mass is 35.5. The lowest BCUT2D eigenvalue weighted by atomic mass is 9.92. The summed E-state index contributed by atoms with van der Waals surface area (Å²) in [6, 6.07) is 6.69. The molecule has 1 atom stereocenters. The van der Waals surface area contributed by atoms with Gasteiger partial charge in [-0.05, 0) is 60.8 Å². The number of thioether (sulfide) groups is 1. The average Bonchev–Trinajstić information content (AvgIpc) is 2.29. The van der Waals surface area contributed by atoms with E-state index in [1.807, 2.05) is 6.92 Å². The van der Waals surface area contributed by atoms with Gasteiger partial charge in [-0.25, -0.2) is 0 Å². The van der Waals surface area contributed by atoms with Gasteiger partial charge >= 0.3 is 0 Å². The molecule has 1 aromatic carbocycles. The van der Waals surface area contributed by atoms with Gasteiger partial charge in [0.2, 0.25) is 0 Å². The molecule has 0 amide bonds. The quantitative estimate of drug-likeness (QED) is 0.902. The minimum absolute atomic E-state index is 0.197. The number of halogens is 1. The second-order valence-electron chi connectivity index (χ2n) is 4.92. The van der Waals surface area contributed by atoms with Crippen LogP contribution in [0.25, 0.3) is 0 Å². The molecule has 1 heterocycles. The van der Waals surface area contributed by atoms with Gasteiger partial charge in [-0.3, -0.25) is 0 Å². The standard InChI is InChI=1S/C14H20ClNS/c1-10(16)8-11-2-3-13(14(15)9-11)12-4-6-17-7-5-12/h2-3,9-10,12H,4-8,16H2,1H3. The Morgan fingerprint density at radius 2 is 2.12 bits per heavy atom. The first kappa shape index (κ1) is 13.3. The van der Waals surface area contributed by atoms with E-state index in [0.29, 0.717) is 5.92 Å². The maximum Gasteiger partial charge on any atom is 0.0443 e. The van der Waals surface area contributed by atoms with Crippen molar-refractivity contribution in [3.05, 3.63) is 34.3 Å². The number of hydrogen-bond donors (Lipinski definition) is 1. The predicted molar refractivity (Wildman–Crippen MR) is 78.1 cm³/mol. The number of rotatable bonds is 3. The minimum atomic E-state index is 0.197. The van der Waals surface area contributed by atoms with Crippen LogP contribution in [0.3, 0.4) is 0 Å². The highest BCUT2D eigenvalue weighted by molar-refractivity contribution is 7.99. The summed E-state index contributed by atoms with van der Waals surface area (Å²) < 4.78 is 0. The van der Waals surface area contributed by atoms with E-state index in [9.17, 15) is 0 Å². The molecule has 1 aliphatic rings. The van der Waals surface area contributed by atoms with Crippen molar-refractivity contribution in [3.63, 3.8) is 0 Å². The largest absolute Gasteiger partial charge is 0.328 e. The van der Waals surface area contributed by atoms with Gasteiger partial charge in [0, 0.05) is 11.1 Å². The normalized spacial score (nSPS) is 19.2. The molecule has 2 rings (SSSR count). The van der Waals surface area contributed by atoms with E-state index >= 15 is 0 Å². The molecule has 0 bridgehead atoms. The van der Waals surface area contributed by atoms with Gasteiger partial charge in [-0.1, -0.05) is 23.7 Å². The Balaban J connectivity index is 2.13. The SMILES string of the molecule is CC(N)Cc1ccc(C2CCSCC2)c(Cl)c1. The van der Waals surface area contributed by atoms with Crippen LogP contribution in [0.4, 0.5) is 0 Å². The van der Waals surface area contributed by atoms with E-state index in [1.54, 1.807) is 0 Å². The van der Waals surface area contributed by atoms with Crippen LogP contribution in [0.5, 0.6) is 0 Å². The lowest BCUT2D eigenvalue weighted by Gasteiger charge is -2.23. The summed E-state index contributed by atoms with van der Waals surface area (Å²) in [5.41, 5.74) is 8.39. The highest BCUT2D eigenvalue weighted by Gasteiger charge is 2.18. The molecule has 0 aromatic heterocycles. The van der Waals surface area contributed by atoms with Gasteiger partial charge in [0.05, 0.1) is 0 Å². The van der Waals surface area contributed by atoms with Crippen molar-refractivity contribution >= 4 is 23.4 Å². The lowest BCUT2D eigenvalue weighted by Crippen LogP contribution is -2.17. The zero-order chi connectivity index (χ0) is 12.3. The summed E-state index contributed by atoms with van der Waals surface area (Å²) in [4.78, 5) is 0. The second-order valence-corrected chi connectivity index (χ2v) is 6.56. The van der Waals surface area contributed by atoms with Crippen LogP contribution in [0.1, 0.15) is 36.8 Å². The van der Waals surface area contributed by atoms with Crippen LogP contribution in [0.15, 0.2) is 18.2 Å². The third-order valence-electron chi connectivity index (χ3n) is 3.28. The molecule has 1 aliphatic heterocycles. The maximum atomic E-state index is 6.40. The van der Waals surface area contributed by atoms with Gasteiger partial charge in [-0.15, -0.1) is 0 Å². The van der Waals surface area contributed by atoms with E-state index in [0.717, 1.165) is 11.4 Å². The Morgan fingerprint density at radius 1 is 1.41 bits per heavy atom. The van der Waals surface area contributed by atoms with Crippen LogP contribution in [-0.2, 0) is 6.42 Å². The van der Waals surface area contributed by atoms with Crippen molar-refractivity contribution < 1.29 is 0 Å². The Labute approximate surface area is 113 Å². The van der Waals surface area contributed by atoms with Crippen molar-refractivity contribution in [2.24, 2.45) is 5.73 Å². The van der Waals surface area contributed by atoms with Gasteiger partial charge in [0.15, 0.2) is 0 Å². The fourth-order valence-electron chi connectivity index (χ4n) is 2.41. The summed E-state index contributed by atoms with van der Waals surface area (Å²) in [6.07, 6.45) is 3.43. The zero-order valence-corrected chi connectivity index (χ0v) is 11.9. The van der Waals surface area contributed by atoms with E-state index < -0.39 is 0 Å². The first-order valence-corrected chi connectivity index (χ1v) is 7.81. The molecule has 0 saturated carbocycles. The second kappa shape index (κ2) is 6.12. The highest BCUT2D eigenvalue weighted by Crippen LogP contribution is 2.35. The number of hydrogen-bond acceptors (Lipinski definition) is 2. The summed E-state index contributed by atoms with van der Waals surface area (Å²) >= 11 is 8.45. The third kappa shape index (κ3) is 3.64. The summed E-state index contributed by atoms with van der Waals surface area (Å²) in [5.74, 6) is 3.19. The molecule has 1 saturated heterocycles. The molecule has 1 nitrogen and oxygen atoms in total. The summed E-state index contributed by atoms with van der Waals surface area (Å²) in [5, 5.41) is 0.931. The van der Waals surface area contributed by atoms with Crippen molar-refractivity contribution in [2.75, 3.05) is 11.5 Å². The molecule has 0 aliphatic carbocycles. The first-order valence-electron chi connectivity index (χ1n) is 6.28. The Bertz CT molecular complexity index is 372. The Kier molecular flexibility index (Phi) is 4.78. The van der Waals surface area contributed by atoms with Crippen molar-refractivity contribution in [2.45, 2.75) is 38.1 Å². The maximum absolute atomic E-state index is 6.40. The molecular weight excluding hydrogens is 250 g/mol. The van der Waals surface area contributed by atoms with Gasteiger partial charge in [-0.2, -0.15) is 11.8 Å². The topological polar surface area (TPSA) is 26.0 Å². The average molecular weight is 270 g/mol. The summed E-state index contributed by atoms with van der Waals surface area (Å²) in [7, 11) is 0. The predicted octanol–water partition coefficient (Wildman–Crippen LogP) is 3.84. The molecular formula is C14H20ClNS. The van der Waals surface area contributed by atoms with E-state index in [4.69, 9.17) is 17.3 Å². The molecule has 17 heavy (non-hydrogen) atoms. The minimum Gasteiger partial charge on any atom is -0.328 e. The fraction of sp³-hybridized carbons (Fsp3) is 0.571. The van der Waals surface area contributed by atoms with Crippen LogP contribution in [0.2, 0.25) is 5.02 Å². The Hall–Kier alpha value is -0.180. The zero-order valence-electron chi connectivity index (χ0n) is 10.3. The van der Waals surface area contributed by atoms with Gasteiger partial charge in [0.25, 0.3) is 0 Å². The Morgan fingerprint density at radius 3 is 2.71 bits per heavy atom. The van der Waals surface area contributed by atoms with Crippen molar-refractivity contribution in [3.8, 4) is 0 Å². The third-order valence-corrected chi connectivity index (χ3v) is 4.66. The van der Waals surface area contributed by atoms with E-state index in [-0.39, 0.29) is 6.04 Å². The van der Waals surface area contributed by atoms with Crippen molar-refractivity contribution in [1.82, 2.24) is 0 Å². The van der Waals surface area contributed by atoms with Crippen LogP contribution in [-0.4, -0.2) is 17.5 Å². The van der Waals surface area contributed by atoms with Crippen LogP contribution < -0.4 is 5.73 Å². The van der Waals surface area contributed by atoms with E-state index in [2.05, 4.69) is 30.0 Å². The summed E-state index contributed by atoms with van der Waals surface area (Å²) in [6.45, 7) is 2.03. The van der Waals surface area contributed by atoms with Crippen molar-refractivity contribution in [1.29, 1.82) is 0 Å². The monoisotopic (exact) mass is 269 g/mol. The fourth-order valence-corrected chi connectivity index (χ4v) is 3.87. The number of benzene rings is 1. The molecule has 0 radical (unpaired) electrons. The van der Waals surface area contributed by atoms with E-state index in [1.165, 1.54) is 35.5 Å². The molecule has 1 fully saturated rings. The van der Waals surface area contributed by atoms with Crippen LogP contribution in [0, 0.1) is 0 Å². The molecule has 1 aromatic rings. The smallest absolute Gasteiger partial charge is 0.0443 e. The molecule has 2 N–H and O–H groups in total. The number of nitrogens with two attached hydrogens (primary N) is 1. The van der Waals surface area contributed by atoms with Crippen LogP contribution >= 0.6 is 23.4 Å². The molecule has 94 valence electrons. The first-order chi connectivity index (χ1) is 8.16. The van der Waals surface area contributed by atoms with Gasteiger partial charge in [0.1, 0.15) is 0 Å². The molecule has 3 heteroatoms. The molecule has 1 unspecified atom stereocenters. The van der Waals surface area contributed by atoms with Gasteiger partial charge < -0.3 is 5.73 Å².